The molecule has 1 fully saturated rings. The molecule has 98 valence electrons. The van der Waals surface area contributed by atoms with Crippen LogP contribution in [-0.2, 0) is 4.79 Å². The van der Waals surface area contributed by atoms with Crippen LogP contribution >= 0.6 is 0 Å². The number of hydrogen-bond donors (Lipinski definition) is 0. The van der Waals surface area contributed by atoms with E-state index in [2.05, 4.69) is 0 Å². The van der Waals surface area contributed by atoms with E-state index in [0.29, 0.717) is 12.8 Å². The molecule has 1 atom stereocenters. The lowest BCUT2D eigenvalue weighted by molar-refractivity contribution is -0.153. The van der Waals surface area contributed by atoms with Crippen LogP contribution in [0.1, 0.15) is 33.1 Å². The van der Waals surface area contributed by atoms with Crippen LogP contribution in [0.2, 0.25) is 0 Å². The molecule has 1 aromatic rings. The van der Waals surface area contributed by atoms with Crippen LogP contribution in [0.5, 0.6) is 5.75 Å². The smallest absolute Gasteiger partial charge is 0.191 e. The normalized spacial score (nSPS) is 21.6. The lowest BCUT2D eigenvalue weighted by Crippen LogP contribution is -2.56. The van der Waals surface area contributed by atoms with Crippen molar-refractivity contribution >= 4 is 5.78 Å². The molecule has 4 heteroatoms. The Kier molecular flexibility index (Phi) is 3.37. The van der Waals surface area contributed by atoms with Gasteiger partial charge in [0.15, 0.2) is 17.4 Å². The van der Waals surface area contributed by atoms with Gasteiger partial charge in [0.2, 0.25) is 0 Å². The maximum atomic E-state index is 13.5. The van der Waals surface area contributed by atoms with Crippen LogP contribution in [0, 0.1) is 17.0 Å². The standard InChI is InChI=1S/C14H16F2O2/c1-3-14(4-2)11(17)8-12(14)18-13-9(15)6-5-7-10(13)16/h5-7,12H,3-4,8H2,1-2H3. The minimum Gasteiger partial charge on any atom is -0.483 e. The fourth-order valence-corrected chi connectivity index (χ4v) is 2.61. The van der Waals surface area contributed by atoms with Crippen LogP contribution in [0.4, 0.5) is 8.78 Å². The molecule has 0 N–H and O–H groups in total. The zero-order chi connectivity index (χ0) is 13.3. The summed E-state index contributed by atoms with van der Waals surface area (Å²) in [6.45, 7) is 3.79. The number of carbonyl (C=O) groups is 1. The van der Waals surface area contributed by atoms with Gasteiger partial charge < -0.3 is 4.74 Å². The SMILES string of the molecule is CCC1(CC)C(=O)CC1Oc1c(F)cccc1F. The van der Waals surface area contributed by atoms with Crippen molar-refractivity contribution in [3.05, 3.63) is 29.8 Å². The Morgan fingerprint density at radius 3 is 2.28 bits per heavy atom. The first-order chi connectivity index (χ1) is 8.55. The number of carbonyl (C=O) groups excluding carboxylic acids is 1. The van der Waals surface area contributed by atoms with Crippen molar-refractivity contribution in [2.24, 2.45) is 5.41 Å². The number of benzene rings is 1. The Morgan fingerprint density at radius 1 is 1.28 bits per heavy atom. The van der Waals surface area contributed by atoms with Crippen LogP contribution < -0.4 is 4.74 Å². The highest BCUT2D eigenvalue weighted by molar-refractivity contribution is 5.92. The second kappa shape index (κ2) is 4.67. The lowest BCUT2D eigenvalue weighted by atomic mass is 9.61. The summed E-state index contributed by atoms with van der Waals surface area (Å²) in [4.78, 5) is 11.7. The van der Waals surface area contributed by atoms with Gasteiger partial charge in [-0.15, -0.1) is 0 Å². The van der Waals surface area contributed by atoms with Crippen LogP contribution in [0.3, 0.4) is 0 Å². The molecule has 0 bridgehead atoms. The third-order valence-corrected chi connectivity index (χ3v) is 3.98. The van der Waals surface area contributed by atoms with Crippen LogP contribution in [0.15, 0.2) is 18.2 Å². The van der Waals surface area contributed by atoms with E-state index in [4.69, 9.17) is 4.74 Å². The molecule has 0 amide bonds. The van der Waals surface area contributed by atoms with Crippen LogP contribution in [0.25, 0.3) is 0 Å². The number of rotatable bonds is 4. The second-order valence-corrected chi connectivity index (χ2v) is 4.65. The summed E-state index contributed by atoms with van der Waals surface area (Å²) >= 11 is 0. The van der Waals surface area contributed by atoms with E-state index in [1.807, 2.05) is 13.8 Å². The number of ether oxygens (including phenoxy) is 1. The van der Waals surface area contributed by atoms with Gasteiger partial charge in [-0.1, -0.05) is 19.9 Å². The summed E-state index contributed by atoms with van der Waals surface area (Å²) in [5, 5.41) is 0. The molecule has 18 heavy (non-hydrogen) atoms. The predicted octanol–water partition coefficient (Wildman–Crippen LogP) is 3.49. The number of ketones is 1. The first kappa shape index (κ1) is 13.0. The Labute approximate surface area is 105 Å². The second-order valence-electron chi connectivity index (χ2n) is 4.65. The van der Waals surface area contributed by atoms with E-state index in [1.54, 1.807) is 0 Å². The van der Waals surface area contributed by atoms with Gasteiger partial charge in [0.25, 0.3) is 0 Å². The number of hydrogen-bond acceptors (Lipinski definition) is 2. The van der Waals surface area contributed by atoms with E-state index in [-0.39, 0.29) is 18.0 Å². The fraction of sp³-hybridized carbons (Fsp3) is 0.500. The monoisotopic (exact) mass is 254 g/mol. The largest absolute Gasteiger partial charge is 0.483 e. The molecule has 0 aromatic heterocycles. The number of halogens is 2. The summed E-state index contributed by atoms with van der Waals surface area (Å²) in [7, 11) is 0. The molecule has 2 nitrogen and oxygen atoms in total. The van der Waals surface area contributed by atoms with E-state index < -0.39 is 23.2 Å². The minimum absolute atomic E-state index is 0.120. The van der Waals surface area contributed by atoms with Crippen molar-refractivity contribution in [3.63, 3.8) is 0 Å². The zero-order valence-electron chi connectivity index (χ0n) is 10.5. The summed E-state index contributed by atoms with van der Waals surface area (Å²) < 4.78 is 32.4. The molecule has 1 aliphatic rings. The molecule has 0 spiro atoms. The maximum Gasteiger partial charge on any atom is 0.191 e. The summed E-state index contributed by atoms with van der Waals surface area (Å²) in [5.41, 5.74) is -0.575. The Hall–Kier alpha value is -1.45. The van der Waals surface area contributed by atoms with Gasteiger partial charge in [-0.3, -0.25) is 4.79 Å². The van der Waals surface area contributed by atoms with E-state index in [0.717, 1.165) is 12.1 Å². The molecule has 0 radical (unpaired) electrons. The maximum absolute atomic E-state index is 13.5. The molecule has 0 heterocycles. The molecule has 1 unspecified atom stereocenters. The van der Waals surface area contributed by atoms with Crippen molar-refractivity contribution in [3.8, 4) is 5.75 Å². The van der Waals surface area contributed by atoms with Gasteiger partial charge >= 0.3 is 0 Å². The summed E-state index contributed by atoms with van der Waals surface area (Å²) in [6.07, 6.45) is 1.06. The summed E-state index contributed by atoms with van der Waals surface area (Å²) in [5.74, 6) is -1.71. The van der Waals surface area contributed by atoms with Gasteiger partial charge in [-0.05, 0) is 25.0 Å². The predicted molar refractivity (Wildman–Crippen MR) is 63.4 cm³/mol. The molecule has 0 saturated heterocycles. The average Bonchev–Trinajstić information content (AvgIpc) is 2.34. The van der Waals surface area contributed by atoms with E-state index in [1.165, 1.54) is 6.07 Å². The van der Waals surface area contributed by atoms with Gasteiger partial charge in [0, 0.05) is 6.42 Å². The highest BCUT2D eigenvalue weighted by atomic mass is 19.1. The fourth-order valence-electron chi connectivity index (χ4n) is 2.61. The Morgan fingerprint density at radius 2 is 1.83 bits per heavy atom. The van der Waals surface area contributed by atoms with Crippen molar-refractivity contribution in [2.45, 2.75) is 39.2 Å². The molecule has 0 aliphatic heterocycles. The highest BCUT2D eigenvalue weighted by Gasteiger charge is 2.54. The van der Waals surface area contributed by atoms with Crippen LogP contribution in [-0.4, -0.2) is 11.9 Å². The first-order valence-electron chi connectivity index (χ1n) is 6.19. The van der Waals surface area contributed by atoms with E-state index >= 15 is 0 Å². The first-order valence-corrected chi connectivity index (χ1v) is 6.19. The minimum atomic E-state index is -0.726. The molecule has 1 aromatic carbocycles. The topological polar surface area (TPSA) is 26.3 Å². The third kappa shape index (κ3) is 1.80. The average molecular weight is 254 g/mol. The van der Waals surface area contributed by atoms with Gasteiger partial charge in [-0.25, -0.2) is 8.78 Å². The molecule has 1 saturated carbocycles. The molecule has 2 rings (SSSR count). The molecule has 1 aliphatic carbocycles. The third-order valence-electron chi connectivity index (χ3n) is 3.98. The van der Waals surface area contributed by atoms with Gasteiger partial charge in [0.05, 0.1) is 5.41 Å². The van der Waals surface area contributed by atoms with Gasteiger partial charge in [0.1, 0.15) is 11.9 Å². The highest BCUT2D eigenvalue weighted by Crippen LogP contribution is 2.46. The molecular formula is C14H16F2O2. The molecular weight excluding hydrogens is 238 g/mol. The van der Waals surface area contributed by atoms with Crippen molar-refractivity contribution in [1.82, 2.24) is 0 Å². The van der Waals surface area contributed by atoms with Gasteiger partial charge in [-0.2, -0.15) is 0 Å². The zero-order valence-corrected chi connectivity index (χ0v) is 10.5. The number of Topliss-reactive ketones (excluding diaryl/α,β-unsaturated/α-hetero) is 1. The van der Waals surface area contributed by atoms with E-state index in [9.17, 15) is 13.6 Å². The van der Waals surface area contributed by atoms with Crippen molar-refractivity contribution < 1.29 is 18.3 Å². The van der Waals surface area contributed by atoms with Crippen molar-refractivity contribution in [1.29, 1.82) is 0 Å². The lowest BCUT2D eigenvalue weighted by Gasteiger charge is -2.46. The number of para-hydroxylation sites is 1. The quantitative estimate of drug-likeness (QED) is 0.822. The summed E-state index contributed by atoms with van der Waals surface area (Å²) in [6, 6.07) is 3.59. The Balaban J connectivity index is 2.23. The Bertz CT molecular complexity index is 447. The van der Waals surface area contributed by atoms with Crippen molar-refractivity contribution in [2.75, 3.05) is 0 Å².